The molecule has 0 fully saturated rings. The summed E-state index contributed by atoms with van der Waals surface area (Å²) in [6.07, 6.45) is 3.18. The SMILES string of the molecule is COc1ccc(C2=C(C)c3ccc(O)cc3CCC2)cc1. The second kappa shape index (κ2) is 5.65. The van der Waals surface area contributed by atoms with E-state index in [1.54, 1.807) is 13.2 Å². The second-order valence-electron chi connectivity index (χ2n) is 5.53. The van der Waals surface area contributed by atoms with Crippen molar-refractivity contribution < 1.29 is 9.84 Å². The summed E-state index contributed by atoms with van der Waals surface area (Å²) >= 11 is 0. The van der Waals surface area contributed by atoms with Crippen molar-refractivity contribution in [2.45, 2.75) is 26.2 Å². The first kappa shape index (κ1) is 13.7. The van der Waals surface area contributed by atoms with Crippen LogP contribution in [0.25, 0.3) is 11.1 Å². The van der Waals surface area contributed by atoms with E-state index in [-0.39, 0.29) is 0 Å². The molecule has 0 atom stereocenters. The molecule has 1 aliphatic carbocycles. The largest absolute Gasteiger partial charge is 0.508 e. The molecule has 0 radical (unpaired) electrons. The van der Waals surface area contributed by atoms with Gasteiger partial charge >= 0.3 is 0 Å². The Hall–Kier alpha value is -2.22. The van der Waals surface area contributed by atoms with Gasteiger partial charge in [0.05, 0.1) is 7.11 Å². The number of phenolic OH excluding ortho intramolecular Hbond substituents is 1. The molecule has 0 aliphatic heterocycles. The Bertz CT molecular complexity index is 681. The number of fused-ring (bicyclic) bond motifs is 1. The van der Waals surface area contributed by atoms with Crippen molar-refractivity contribution >= 4 is 11.1 Å². The van der Waals surface area contributed by atoms with Crippen molar-refractivity contribution in [3.63, 3.8) is 0 Å². The fourth-order valence-electron chi connectivity index (χ4n) is 3.11. The lowest BCUT2D eigenvalue weighted by atomic mass is 9.94. The number of aromatic hydroxyl groups is 1. The van der Waals surface area contributed by atoms with Gasteiger partial charge in [-0.05, 0) is 78.3 Å². The number of aryl methyl sites for hydroxylation is 1. The standard InChI is InChI=1S/C19H20O2/c1-13-18(14-6-9-17(21-2)10-7-14)5-3-4-15-12-16(20)8-11-19(13)15/h6-12,20H,3-5H2,1-2H3. The Balaban J connectivity index is 2.07. The Labute approximate surface area is 125 Å². The van der Waals surface area contributed by atoms with Crippen LogP contribution in [0.2, 0.25) is 0 Å². The number of hydrogen-bond acceptors (Lipinski definition) is 2. The van der Waals surface area contributed by atoms with Crippen LogP contribution in [0.4, 0.5) is 0 Å². The maximum Gasteiger partial charge on any atom is 0.118 e. The first-order valence-electron chi connectivity index (χ1n) is 7.35. The molecule has 1 aliphatic rings. The molecule has 0 saturated carbocycles. The smallest absolute Gasteiger partial charge is 0.118 e. The number of methoxy groups -OCH3 is 1. The molecule has 0 saturated heterocycles. The molecule has 0 bridgehead atoms. The lowest BCUT2D eigenvalue weighted by Crippen LogP contribution is -1.90. The Morgan fingerprint density at radius 3 is 2.48 bits per heavy atom. The van der Waals surface area contributed by atoms with Gasteiger partial charge in [0.25, 0.3) is 0 Å². The van der Waals surface area contributed by atoms with E-state index in [0.29, 0.717) is 5.75 Å². The van der Waals surface area contributed by atoms with Crippen LogP contribution < -0.4 is 4.74 Å². The van der Waals surface area contributed by atoms with Crippen LogP contribution in [0.1, 0.15) is 36.5 Å². The third kappa shape index (κ3) is 2.66. The van der Waals surface area contributed by atoms with Crippen LogP contribution in [0.3, 0.4) is 0 Å². The minimum absolute atomic E-state index is 0.356. The lowest BCUT2D eigenvalue weighted by Gasteiger charge is -2.12. The number of phenols is 1. The van der Waals surface area contributed by atoms with Crippen LogP contribution in [-0.2, 0) is 6.42 Å². The molecule has 0 spiro atoms. The van der Waals surface area contributed by atoms with Crippen molar-refractivity contribution in [3.05, 3.63) is 59.2 Å². The highest BCUT2D eigenvalue weighted by Gasteiger charge is 2.15. The van der Waals surface area contributed by atoms with Gasteiger partial charge in [-0.25, -0.2) is 0 Å². The molecule has 1 N–H and O–H groups in total. The molecular formula is C19H20O2. The summed E-state index contributed by atoms with van der Waals surface area (Å²) in [5.74, 6) is 1.24. The molecular weight excluding hydrogens is 260 g/mol. The molecule has 2 aromatic carbocycles. The monoisotopic (exact) mass is 280 g/mol. The predicted molar refractivity (Wildman–Crippen MR) is 86.5 cm³/mol. The van der Waals surface area contributed by atoms with Crippen LogP contribution in [0.15, 0.2) is 42.5 Å². The summed E-state index contributed by atoms with van der Waals surface area (Å²) in [4.78, 5) is 0. The van der Waals surface area contributed by atoms with E-state index < -0.39 is 0 Å². The van der Waals surface area contributed by atoms with Crippen molar-refractivity contribution in [2.75, 3.05) is 7.11 Å². The van der Waals surface area contributed by atoms with E-state index >= 15 is 0 Å². The summed E-state index contributed by atoms with van der Waals surface area (Å²) in [5.41, 5.74) is 6.47. The molecule has 2 aromatic rings. The Morgan fingerprint density at radius 1 is 1.00 bits per heavy atom. The van der Waals surface area contributed by atoms with E-state index in [2.05, 4.69) is 19.1 Å². The van der Waals surface area contributed by atoms with Gasteiger partial charge in [0, 0.05) is 0 Å². The molecule has 21 heavy (non-hydrogen) atoms. The van der Waals surface area contributed by atoms with Crippen LogP contribution in [-0.4, -0.2) is 12.2 Å². The predicted octanol–water partition coefficient (Wildman–Crippen LogP) is 4.67. The molecule has 0 amide bonds. The normalized spacial score (nSPS) is 14.6. The highest BCUT2D eigenvalue weighted by Crippen LogP contribution is 2.36. The topological polar surface area (TPSA) is 29.5 Å². The summed E-state index contributed by atoms with van der Waals surface area (Å²) in [6, 6.07) is 14.0. The summed E-state index contributed by atoms with van der Waals surface area (Å²) in [7, 11) is 1.69. The zero-order valence-electron chi connectivity index (χ0n) is 12.5. The van der Waals surface area contributed by atoms with Crippen LogP contribution in [0.5, 0.6) is 11.5 Å². The Kier molecular flexibility index (Phi) is 3.70. The number of allylic oxidation sites excluding steroid dienone is 2. The van der Waals surface area contributed by atoms with Crippen LogP contribution in [0, 0.1) is 0 Å². The molecule has 0 heterocycles. The number of ether oxygens (including phenoxy) is 1. The van der Waals surface area contributed by atoms with Gasteiger partial charge in [-0.3, -0.25) is 0 Å². The zero-order chi connectivity index (χ0) is 14.8. The van der Waals surface area contributed by atoms with E-state index in [4.69, 9.17) is 4.74 Å². The number of rotatable bonds is 2. The molecule has 3 rings (SSSR count). The first-order chi connectivity index (χ1) is 10.2. The second-order valence-corrected chi connectivity index (χ2v) is 5.53. The van der Waals surface area contributed by atoms with E-state index in [1.807, 2.05) is 24.3 Å². The third-order valence-electron chi connectivity index (χ3n) is 4.26. The Morgan fingerprint density at radius 2 is 1.76 bits per heavy atom. The van der Waals surface area contributed by atoms with Gasteiger partial charge < -0.3 is 9.84 Å². The van der Waals surface area contributed by atoms with E-state index in [0.717, 1.165) is 25.0 Å². The maximum atomic E-state index is 9.68. The first-order valence-corrected chi connectivity index (χ1v) is 7.35. The van der Waals surface area contributed by atoms with Crippen molar-refractivity contribution in [2.24, 2.45) is 0 Å². The highest BCUT2D eigenvalue weighted by molar-refractivity contribution is 5.91. The quantitative estimate of drug-likeness (QED) is 0.866. The fraction of sp³-hybridized carbons (Fsp3) is 0.263. The van der Waals surface area contributed by atoms with Gasteiger partial charge in [0.2, 0.25) is 0 Å². The summed E-state index contributed by atoms with van der Waals surface area (Å²) < 4.78 is 5.23. The van der Waals surface area contributed by atoms with E-state index in [1.165, 1.54) is 27.8 Å². The van der Waals surface area contributed by atoms with Gasteiger partial charge in [-0.2, -0.15) is 0 Å². The van der Waals surface area contributed by atoms with Gasteiger partial charge in [0.1, 0.15) is 11.5 Å². The average molecular weight is 280 g/mol. The summed E-state index contributed by atoms with van der Waals surface area (Å²) in [5, 5.41) is 9.68. The average Bonchev–Trinajstić information content (AvgIpc) is 2.66. The molecule has 2 nitrogen and oxygen atoms in total. The van der Waals surface area contributed by atoms with Gasteiger partial charge in [0.15, 0.2) is 0 Å². The van der Waals surface area contributed by atoms with E-state index in [9.17, 15) is 5.11 Å². The van der Waals surface area contributed by atoms with Crippen molar-refractivity contribution in [1.29, 1.82) is 0 Å². The highest BCUT2D eigenvalue weighted by atomic mass is 16.5. The van der Waals surface area contributed by atoms with Gasteiger partial charge in [-0.1, -0.05) is 18.2 Å². The van der Waals surface area contributed by atoms with Crippen LogP contribution >= 0.6 is 0 Å². The number of benzene rings is 2. The number of hydrogen-bond donors (Lipinski definition) is 1. The molecule has 0 aromatic heterocycles. The zero-order valence-corrected chi connectivity index (χ0v) is 12.5. The molecule has 0 unspecified atom stereocenters. The maximum absolute atomic E-state index is 9.68. The van der Waals surface area contributed by atoms with Crippen molar-refractivity contribution in [3.8, 4) is 11.5 Å². The molecule has 108 valence electrons. The van der Waals surface area contributed by atoms with Crippen molar-refractivity contribution in [1.82, 2.24) is 0 Å². The lowest BCUT2D eigenvalue weighted by molar-refractivity contribution is 0.415. The summed E-state index contributed by atoms with van der Waals surface area (Å²) in [6.45, 7) is 2.18. The molecule has 2 heteroatoms. The minimum atomic E-state index is 0.356. The minimum Gasteiger partial charge on any atom is -0.508 e. The van der Waals surface area contributed by atoms with Gasteiger partial charge in [-0.15, -0.1) is 0 Å². The fourth-order valence-corrected chi connectivity index (χ4v) is 3.11. The third-order valence-corrected chi connectivity index (χ3v) is 4.26.